The van der Waals surface area contributed by atoms with Gasteiger partial charge in [0.2, 0.25) is 0 Å². The summed E-state index contributed by atoms with van der Waals surface area (Å²) in [6.07, 6.45) is 1.07. The van der Waals surface area contributed by atoms with Gasteiger partial charge >= 0.3 is 0 Å². The van der Waals surface area contributed by atoms with Crippen LogP contribution in [0.15, 0.2) is 53.0 Å². The number of nitrogens with one attached hydrogen (secondary N) is 1. The van der Waals surface area contributed by atoms with Crippen LogP contribution >= 0.6 is 15.9 Å². The fraction of sp³-hybridized carbons (Fsp3) is 0.294. The minimum absolute atomic E-state index is 0.472. The van der Waals surface area contributed by atoms with Crippen LogP contribution in [-0.2, 0) is 13.0 Å². The molecule has 1 atom stereocenters. The van der Waals surface area contributed by atoms with Crippen LogP contribution in [0.25, 0.3) is 0 Å². The normalized spacial score (nSPS) is 12.4. The van der Waals surface area contributed by atoms with Crippen LogP contribution in [0, 0.1) is 6.92 Å². The Hall–Kier alpha value is -1.12. The zero-order valence-electron chi connectivity index (χ0n) is 11.5. The lowest BCUT2D eigenvalue weighted by molar-refractivity contribution is 0.544. The van der Waals surface area contributed by atoms with Crippen LogP contribution < -0.4 is 5.32 Å². The SMILES string of the molecule is Cc1ccccc1CC(C)NCc1cccc(Br)c1. The third kappa shape index (κ3) is 4.48. The summed E-state index contributed by atoms with van der Waals surface area (Å²) in [6, 6.07) is 17.5. The molecular weight excluding hydrogens is 298 g/mol. The largest absolute Gasteiger partial charge is 0.310 e. The van der Waals surface area contributed by atoms with Crippen molar-refractivity contribution < 1.29 is 0 Å². The van der Waals surface area contributed by atoms with E-state index in [0.717, 1.165) is 17.4 Å². The first-order chi connectivity index (χ1) is 9.15. The smallest absolute Gasteiger partial charge is 0.0208 e. The molecule has 0 amide bonds. The molecule has 1 unspecified atom stereocenters. The third-order valence-corrected chi connectivity index (χ3v) is 3.82. The molecule has 0 aliphatic heterocycles. The van der Waals surface area contributed by atoms with Crippen molar-refractivity contribution >= 4 is 15.9 Å². The maximum absolute atomic E-state index is 3.58. The molecule has 1 nitrogen and oxygen atoms in total. The maximum Gasteiger partial charge on any atom is 0.0208 e. The Morgan fingerprint density at radius 3 is 2.63 bits per heavy atom. The first kappa shape index (κ1) is 14.3. The lowest BCUT2D eigenvalue weighted by Gasteiger charge is -2.15. The highest BCUT2D eigenvalue weighted by atomic mass is 79.9. The molecule has 19 heavy (non-hydrogen) atoms. The molecule has 0 spiro atoms. The molecule has 0 saturated heterocycles. The number of aryl methyl sites for hydroxylation is 1. The van der Waals surface area contributed by atoms with Crippen LogP contribution in [0.1, 0.15) is 23.6 Å². The summed E-state index contributed by atoms with van der Waals surface area (Å²) in [7, 11) is 0. The number of rotatable bonds is 5. The van der Waals surface area contributed by atoms with Gasteiger partial charge in [-0.05, 0) is 49.1 Å². The van der Waals surface area contributed by atoms with Crippen molar-refractivity contribution in [2.45, 2.75) is 32.9 Å². The average Bonchev–Trinajstić information content (AvgIpc) is 2.39. The molecule has 0 radical (unpaired) electrons. The van der Waals surface area contributed by atoms with E-state index in [1.165, 1.54) is 16.7 Å². The van der Waals surface area contributed by atoms with Gasteiger partial charge < -0.3 is 5.32 Å². The average molecular weight is 318 g/mol. The predicted molar refractivity (Wildman–Crippen MR) is 85.3 cm³/mol. The molecule has 0 fully saturated rings. The van der Waals surface area contributed by atoms with Gasteiger partial charge in [-0.3, -0.25) is 0 Å². The highest BCUT2D eigenvalue weighted by Crippen LogP contribution is 2.13. The summed E-state index contributed by atoms with van der Waals surface area (Å²) in [5.41, 5.74) is 4.11. The Morgan fingerprint density at radius 2 is 1.89 bits per heavy atom. The van der Waals surface area contributed by atoms with E-state index < -0.39 is 0 Å². The minimum atomic E-state index is 0.472. The van der Waals surface area contributed by atoms with E-state index in [2.05, 4.69) is 83.6 Å². The molecule has 2 rings (SSSR count). The molecule has 0 bridgehead atoms. The molecule has 2 aromatic carbocycles. The Morgan fingerprint density at radius 1 is 1.11 bits per heavy atom. The van der Waals surface area contributed by atoms with E-state index >= 15 is 0 Å². The van der Waals surface area contributed by atoms with E-state index in [-0.39, 0.29) is 0 Å². The molecule has 0 aliphatic carbocycles. The molecule has 2 aromatic rings. The van der Waals surface area contributed by atoms with Crippen molar-refractivity contribution in [3.8, 4) is 0 Å². The molecule has 1 N–H and O–H groups in total. The second-order valence-corrected chi connectivity index (χ2v) is 5.96. The summed E-state index contributed by atoms with van der Waals surface area (Å²) < 4.78 is 1.14. The van der Waals surface area contributed by atoms with E-state index in [9.17, 15) is 0 Å². The first-order valence-corrected chi connectivity index (χ1v) is 7.47. The van der Waals surface area contributed by atoms with Crippen LogP contribution in [0.2, 0.25) is 0 Å². The topological polar surface area (TPSA) is 12.0 Å². The summed E-state index contributed by atoms with van der Waals surface area (Å²) in [5, 5.41) is 3.58. The molecule has 0 aliphatic rings. The Kier molecular flexibility index (Phi) is 5.17. The Balaban J connectivity index is 1.88. The fourth-order valence-electron chi connectivity index (χ4n) is 2.18. The third-order valence-electron chi connectivity index (χ3n) is 3.33. The van der Waals surface area contributed by atoms with Crippen LogP contribution in [0.3, 0.4) is 0 Å². The summed E-state index contributed by atoms with van der Waals surface area (Å²) in [5.74, 6) is 0. The molecule has 0 saturated carbocycles. The van der Waals surface area contributed by atoms with Gasteiger partial charge in [0, 0.05) is 17.1 Å². The second-order valence-electron chi connectivity index (χ2n) is 5.04. The van der Waals surface area contributed by atoms with Gasteiger partial charge in [-0.1, -0.05) is 52.3 Å². The van der Waals surface area contributed by atoms with Crippen molar-refractivity contribution in [1.82, 2.24) is 5.32 Å². The van der Waals surface area contributed by atoms with Crippen LogP contribution in [-0.4, -0.2) is 6.04 Å². The standard InChI is InChI=1S/C17H20BrN/c1-13-6-3-4-8-16(13)10-14(2)19-12-15-7-5-9-17(18)11-15/h3-9,11,14,19H,10,12H2,1-2H3. The van der Waals surface area contributed by atoms with Crippen molar-refractivity contribution in [3.05, 3.63) is 69.7 Å². The Labute approximate surface area is 124 Å². The zero-order chi connectivity index (χ0) is 13.7. The van der Waals surface area contributed by atoms with E-state index in [1.54, 1.807) is 0 Å². The lowest BCUT2D eigenvalue weighted by atomic mass is 10.0. The van der Waals surface area contributed by atoms with Gasteiger partial charge in [0.1, 0.15) is 0 Å². The zero-order valence-corrected chi connectivity index (χ0v) is 13.1. The van der Waals surface area contributed by atoms with Crippen molar-refractivity contribution in [1.29, 1.82) is 0 Å². The molecule has 100 valence electrons. The number of hydrogen-bond donors (Lipinski definition) is 1. The molecular formula is C17H20BrN. The predicted octanol–water partition coefficient (Wildman–Crippen LogP) is 4.48. The monoisotopic (exact) mass is 317 g/mol. The lowest BCUT2D eigenvalue weighted by Crippen LogP contribution is -2.27. The van der Waals surface area contributed by atoms with Gasteiger partial charge in [0.15, 0.2) is 0 Å². The van der Waals surface area contributed by atoms with Crippen LogP contribution in [0.4, 0.5) is 0 Å². The van der Waals surface area contributed by atoms with E-state index in [4.69, 9.17) is 0 Å². The quantitative estimate of drug-likeness (QED) is 0.857. The summed E-state index contributed by atoms with van der Waals surface area (Å²) in [6.45, 7) is 5.33. The fourth-order valence-corrected chi connectivity index (χ4v) is 2.63. The first-order valence-electron chi connectivity index (χ1n) is 6.67. The van der Waals surface area contributed by atoms with Gasteiger partial charge in [-0.15, -0.1) is 0 Å². The van der Waals surface area contributed by atoms with E-state index in [1.807, 2.05) is 0 Å². The van der Waals surface area contributed by atoms with Crippen molar-refractivity contribution in [3.63, 3.8) is 0 Å². The Bertz CT molecular complexity index is 536. The minimum Gasteiger partial charge on any atom is -0.310 e. The molecule has 0 heterocycles. The number of benzene rings is 2. The number of halogens is 1. The molecule has 2 heteroatoms. The highest BCUT2D eigenvalue weighted by Gasteiger charge is 2.05. The van der Waals surface area contributed by atoms with Crippen LogP contribution in [0.5, 0.6) is 0 Å². The number of hydrogen-bond acceptors (Lipinski definition) is 1. The van der Waals surface area contributed by atoms with Gasteiger partial charge in [0.05, 0.1) is 0 Å². The van der Waals surface area contributed by atoms with Crippen molar-refractivity contribution in [2.75, 3.05) is 0 Å². The van der Waals surface area contributed by atoms with Gasteiger partial charge in [0.25, 0.3) is 0 Å². The highest BCUT2D eigenvalue weighted by molar-refractivity contribution is 9.10. The van der Waals surface area contributed by atoms with Gasteiger partial charge in [-0.25, -0.2) is 0 Å². The van der Waals surface area contributed by atoms with E-state index in [0.29, 0.717) is 6.04 Å². The molecule has 0 aromatic heterocycles. The van der Waals surface area contributed by atoms with Crippen molar-refractivity contribution in [2.24, 2.45) is 0 Å². The summed E-state index contributed by atoms with van der Waals surface area (Å²) >= 11 is 3.50. The second kappa shape index (κ2) is 6.88. The maximum atomic E-state index is 3.58. The van der Waals surface area contributed by atoms with Gasteiger partial charge in [-0.2, -0.15) is 0 Å². The summed E-state index contributed by atoms with van der Waals surface area (Å²) in [4.78, 5) is 0.